The third-order valence-corrected chi connectivity index (χ3v) is 15.1. The largest absolute Gasteiger partial charge is 0.352 e. The zero-order valence-electron chi connectivity index (χ0n) is 53.4. The second kappa shape index (κ2) is 32.9. The van der Waals surface area contributed by atoms with E-state index in [-0.39, 0.29) is 125 Å². The van der Waals surface area contributed by atoms with Crippen molar-refractivity contribution in [3.05, 3.63) is 153 Å². The Balaban J connectivity index is 0.00000700. The third-order valence-electron chi connectivity index (χ3n) is 15.1. The standard InChI is InChI=1S/C64H76N16O12.2ClH/c1-73(2)24-14-22-67-59(85)50-32-44(37-75(50)5)71-61(87)52-30-42(35-77(52)7)69-54(81)18-9-11-20-65-57(83)40-26-41(29-46(28-40)79-63(89)48-17-13-16-39-27-47(80(91)92)34-49(56(39)48)64(79)90)58(84)66-21-12-10-19-55(82)70-43-31-53(78(8)36-43)62(88)72-45-33-51(76(6)38-45)60(86)68-23-15-25-74(3)4;;/h13,16-17,26-38H,9-12,14-15,18-25H2,1-8H3,(H,65,83)(H,66,84)(H,67,85)(H,68,86)(H,69,81)(H,70,82)(H,71,87)(H,72,88);2*1H. The topological polar surface area (TPSA) is 340 Å². The molecule has 4 aromatic heterocycles. The van der Waals surface area contributed by atoms with Gasteiger partial charge in [-0.25, -0.2) is 4.90 Å². The number of non-ortho nitro benzene ring substituents is 1. The van der Waals surface area contributed by atoms with Gasteiger partial charge in [-0.1, -0.05) is 12.1 Å². The van der Waals surface area contributed by atoms with Gasteiger partial charge in [-0.05, 0) is 134 Å². The second-order valence-corrected chi connectivity index (χ2v) is 23.0. The normalized spacial score (nSPS) is 11.6. The molecule has 0 spiro atoms. The summed E-state index contributed by atoms with van der Waals surface area (Å²) in [7, 11) is 14.5. The van der Waals surface area contributed by atoms with Crippen molar-refractivity contribution in [2.24, 2.45) is 28.2 Å². The Hall–Kier alpha value is -10.2. The van der Waals surface area contributed by atoms with Gasteiger partial charge in [0.05, 0.1) is 38.9 Å². The number of carbonyl (C=O) groups excluding carboxylic acids is 10. The minimum Gasteiger partial charge on any atom is -0.352 e. The van der Waals surface area contributed by atoms with E-state index < -0.39 is 40.4 Å². The molecular formula is C64H78Cl2N16O12. The summed E-state index contributed by atoms with van der Waals surface area (Å²) in [6.07, 6.45) is 9.33. The first-order valence-corrected chi connectivity index (χ1v) is 29.9. The van der Waals surface area contributed by atoms with Gasteiger partial charge >= 0.3 is 0 Å². The predicted molar refractivity (Wildman–Crippen MR) is 361 cm³/mol. The minimum atomic E-state index is -0.919. The number of nitrogens with one attached hydrogen (secondary N) is 8. The lowest BCUT2D eigenvalue weighted by molar-refractivity contribution is -0.384. The summed E-state index contributed by atoms with van der Waals surface area (Å²) in [5.74, 6) is -5.28. The van der Waals surface area contributed by atoms with Crippen LogP contribution in [0, 0.1) is 10.1 Å². The number of nitro benzene ring substituents is 1. The molecule has 5 heterocycles. The van der Waals surface area contributed by atoms with Crippen LogP contribution in [0.3, 0.4) is 0 Å². The zero-order valence-corrected chi connectivity index (χ0v) is 55.1. The van der Waals surface area contributed by atoms with Gasteiger partial charge in [-0.15, -0.1) is 24.8 Å². The Bertz CT molecular complexity index is 3850. The monoisotopic (exact) mass is 1330 g/mol. The maximum atomic E-state index is 14.3. The number of anilines is 5. The third kappa shape index (κ3) is 18.5. The first-order valence-electron chi connectivity index (χ1n) is 29.9. The zero-order chi connectivity index (χ0) is 66.5. The number of imide groups is 1. The van der Waals surface area contributed by atoms with E-state index in [0.717, 1.165) is 36.9 Å². The van der Waals surface area contributed by atoms with Crippen LogP contribution in [0.1, 0.15) is 135 Å². The first-order chi connectivity index (χ1) is 43.8. The lowest BCUT2D eigenvalue weighted by Gasteiger charge is -2.27. The van der Waals surface area contributed by atoms with Crippen molar-refractivity contribution in [3.8, 4) is 0 Å². The van der Waals surface area contributed by atoms with Crippen LogP contribution in [0.25, 0.3) is 10.8 Å². The number of hydrogen-bond acceptors (Lipinski definition) is 14. The van der Waals surface area contributed by atoms with E-state index in [0.29, 0.717) is 78.3 Å². The minimum absolute atomic E-state index is 0. The van der Waals surface area contributed by atoms with Crippen LogP contribution < -0.4 is 47.4 Å². The molecule has 8 N–H and O–H groups in total. The highest BCUT2D eigenvalue weighted by Crippen LogP contribution is 2.36. The number of benzene rings is 3. The van der Waals surface area contributed by atoms with Crippen molar-refractivity contribution in [3.63, 3.8) is 0 Å². The maximum Gasteiger partial charge on any atom is 0.272 e. The van der Waals surface area contributed by atoms with E-state index in [1.54, 1.807) is 89.4 Å². The van der Waals surface area contributed by atoms with E-state index in [4.69, 9.17) is 0 Å². The molecule has 1 aliphatic heterocycles. The summed E-state index contributed by atoms with van der Waals surface area (Å²) in [5, 5.41) is 35.0. The van der Waals surface area contributed by atoms with Crippen molar-refractivity contribution in [1.82, 2.24) is 49.3 Å². The fourth-order valence-electron chi connectivity index (χ4n) is 10.5. The van der Waals surface area contributed by atoms with Gasteiger partial charge in [-0.2, -0.15) is 0 Å². The molecule has 0 saturated carbocycles. The van der Waals surface area contributed by atoms with Crippen LogP contribution >= 0.6 is 24.8 Å². The molecule has 10 amide bonds. The summed E-state index contributed by atoms with van der Waals surface area (Å²) in [5.41, 5.74) is 1.94. The molecular weight excluding hydrogens is 1260 g/mol. The number of hydrogen-bond donors (Lipinski definition) is 8. The SMILES string of the molecule is CN(C)CCCNC(=O)c1cc(NC(=O)c2cc(NC(=O)CCCCNC(=O)c3cc(C(=O)NCCCCC(=O)Nc4cc(C(=O)Nc5cc(C(=O)NCCCN(C)C)n(C)c5)n(C)c4)cc(N4C(=O)c5cccc6cc([N+](=O)[O-])cc(c56)C4=O)c3)cn2C)cn1C.Cl.Cl. The number of nitrogens with zero attached hydrogens (tertiary/aromatic N) is 8. The summed E-state index contributed by atoms with van der Waals surface area (Å²) in [6.45, 7) is 2.75. The number of aromatic nitrogens is 4. The van der Waals surface area contributed by atoms with Crippen LogP contribution in [-0.4, -0.2) is 160 Å². The Morgan fingerprint density at radius 2 is 0.840 bits per heavy atom. The smallest absolute Gasteiger partial charge is 0.272 e. The Morgan fingerprint density at radius 1 is 0.457 bits per heavy atom. The molecule has 500 valence electrons. The number of unbranched alkanes of at least 4 members (excludes halogenated alkanes) is 2. The molecule has 94 heavy (non-hydrogen) atoms. The lowest BCUT2D eigenvalue weighted by Crippen LogP contribution is -2.41. The highest BCUT2D eigenvalue weighted by Gasteiger charge is 2.36. The molecule has 0 bridgehead atoms. The Labute approximate surface area is 554 Å². The van der Waals surface area contributed by atoms with Crippen LogP contribution in [0.2, 0.25) is 0 Å². The van der Waals surface area contributed by atoms with E-state index >= 15 is 0 Å². The number of halogens is 2. The molecule has 0 aliphatic carbocycles. The van der Waals surface area contributed by atoms with Crippen molar-refractivity contribution in [2.75, 3.05) is 93.6 Å². The number of carbonyl (C=O) groups is 10. The molecule has 1 aliphatic rings. The van der Waals surface area contributed by atoms with E-state index in [2.05, 4.69) is 42.5 Å². The van der Waals surface area contributed by atoms with Gasteiger partial charge in [0.15, 0.2) is 0 Å². The van der Waals surface area contributed by atoms with Crippen LogP contribution in [0.5, 0.6) is 0 Å². The number of aryl methyl sites for hydroxylation is 4. The van der Waals surface area contributed by atoms with Crippen LogP contribution in [-0.2, 0) is 37.8 Å². The molecule has 7 aromatic rings. The van der Waals surface area contributed by atoms with E-state index in [1.807, 2.05) is 38.0 Å². The first kappa shape index (κ1) is 72.9. The quantitative estimate of drug-likeness (QED) is 0.0101. The average Bonchev–Trinajstić information content (AvgIpc) is 0.878. The number of amides is 10. The van der Waals surface area contributed by atoms with E-state index in [9.17, 15) is 58.1 Å². The van der Waals surface area contributed by atoms with Gasteiger partial charge in [0, 0.05) is 126 Å². The number of rotatable bonds is 30. The molecule has 0 saturated heterocycles. The molecule has 30 heteroatoms. The van der Waals surface area contributed by atoms with Gasteiger partial charge in [0.2, 0.25) is 11.8 Å². The Kier molecular flexibility index (Phi) is 25.5. The van der Waals surface area contributed by atoms with Crippen LogP contribution in [0.4, 0.5) is 34.1 Å². The van der Waals surface area contributed by atoms with Crippen molar-refractivity contribution >= 4 is 129 Å². The highest BCUT2D eigenvalue weighted by atomic mass is 35.5. The molecule has 28 nitrogen and oxygen atoms in total. The summed E-state index contributed by atoms with van der Waals surface area (Å²) in [4.78, 5) is 151. The molecule has 0 radical (unpaired) electrons. The van der Waals surface area contributed by atoms with Crippen molar-refractivity contribution < 1.29 is 52.9 Å². The van der Waals surface area contributed by atoms with Crippen molar-refractivity contribution in [2.45, 2.75) is 51.4 Å². The van der Waals surface area contributed by atoms with Gasteiger partial charge in [0.1, 0.15) is 22.8 Å². The number of nitro groups is 1. The molecule has 8 rings (SSSR count). The Morgan fingerprint density at radius 3 is 1.26 bits per heavy atom. The van der Waals surface area contributed by atoms with E-state index in [1.165, 1.54) is 48.5 Å². The molecule has 0 atom stereocenters. The van der Waals surface area contributed by atoms with Gasteiger partial charge < -0.3 is 70.6 Å². The highest BCUT2D eigenvalue weighted by molar-refractivity contribution is 6.36. The lowest BCUT2D eigenvalue weighted by atomic mass is 9.92. The second-order valence-electron chi connectivity index (χ2n) is 23.0. The van der Waals surface area contributed by atoms with Gasteiger partial charge in [-0.3, -0.25) is 58.1 Å². The molecule has 0 fully saturated rings. The fourth-order valence-corrected chi connectivity index (χ4v) is 10.5. The van der Waals surface area contributed by atoms with Crippen LogP contribution in [0.15, 0.2) is 97.6 Å². The summed E-state index contributed by atoms with van der Waals surface area (Å²) < 4.78 is 6.34. The summed E-state index contributed by atoms with van der Waals surface area (Å²) >= 11 is 0. The van der Waals surface area contributed by atoms with Crippen molar-refractivity contribution in [1.29, 1.82) is 0 Å². The average molecular weight is 1330 g/mol. The predicted octanol–water partition coefficient (Wildman–Crippen LogP) is 6.69. The van der Waals surface area contributed by atoms with Gasteiger partial charge in [0.25, 0.3) is 52.9 Å². The molecule has 0 unspecified atom stereocenters. The molecule has 3 aromatic carbocycles. The summed E-state index contributed by atoms with van der Waals surface area (Å²) in [6, 6.07) is 16.9. The fraction of sp³-hybridized carbons (Fsp3) is 0.344. The maximum absolute atomic E-state index is 14.3.